The van der Waals surface area contributed by atoms with Crippen molar-refractivity contribution in [1.82, 2.24) is 5.32 Å². The van der Waals surface area contributed by atoms with Crippen LogP contribution in [0.5, 0.6) is 0 Å². The van der Waals surface area contributed by atoms with Crippen LogP contribution in [0.15, 0.2) is 0 Å². The highest BCUT2D eigenvalue weighted by Gasteiger charge is 2.33. The number of ether oxygens (including phenoxy) is 1. The van der Waals surface area contributed by atoms with Gasteiger partial charge in [-0.3, -0.25) is 0 Å². The molecular weight excluding hydrogens is 246 g/mol. The molecule has 0 aliphatic heterocycles. The monoisotopic (exact) mass is 281 g/mol. The summed E-state index contributed by atoms with van der Waals surface area (Å²) in [7, 11) is 0. The summed E-state index contributed by atoms with van der Waals surface area (Å²) in [6, 6.07) is 0.598. The first-order valence-corrected chi connectivity index (χ1v) is 8.99. The van der Waals surface area contributed by atoms with Crippen molar-refractivity contribution in [3.8, 4) is 0 Å². The van der Waals surface area contributed by atoms with Crippen LogP contribution < -0.4 is 5.32 Å². The smallest absolute Gasteiger partial charge is 0.0734 e. The van der Waals surface area contributed by atoms with E-state index in [9.17, 15) is 0 Å². The third kappa shape index (κ3) is 4.46. The third-order valence-electron chi connectivity index (χ3n) is 5.63. The maximum atomic E-state index is 6.57. The second-order valence-electron chi connectivity index (χ2n) is 7.54. The zero-order chi connectivity index (χ0) is 14.5. The number of hydrogen-bond donors (Lipinski definition) is 1. The Bertz CT molecular complexity index is 279. The standard InChI is InChI=1S/C18H35NO/c1-5-10-19-17-9-6-13(2)11-18(17)20-16-8-7-14(3)15(4)12-16/h13-19H,5-12H2,1-4H3. The molecular formula is C18H35NO. The van der Waals surface area contributed by atoms with Crippen LogP contribution in [0.4, 0.5) is 0 Å². The Kier molecular flexibility index (Phi) is 6.35. The highest BCUT2D eigenvalue weighted by Crippen LogP contribution is 2.34. The summed E-state index contributed by atoms with van der Waals surface area (Å²) in [5.41, 5.74) is 0. The molecule has 2 heteroatoms. The van der Waals surface area contributed by atoms with E-state index in [-0.39, 0.29) is 0 Å². The average Bonchev–Trinajstić information content (AvgIpc) is 2.42. The van der Waals surface area contributed by atoms with E-state index in [2.05, 4.69) is 33.0 Å². The summed E-state index contributed by atoms with van der Waals surface area (Å²) in [6.07, 6.45) is 9.99. The van der Waals surface area contributed by atoms with Crippen LogP contribution in [0.2, 0.25) is 0 Å². The molecule has 0 aromatic heterocycles. The first-order valence-electron chi connectivity index (χ1n) is 8.99. The average molecular weight is 281 g/mol. The van der Waals surface area contributed by atoms with Gasteiger partial charge in [0.25, 0.3) is 0 Å². The fraction of sp³-hybridized carbons (Fsp3) is 1.00. The van der Waals surface area contributed by atoms with E-state index in [1.54, 1.807) is 0 Å². The van der Waals surface area contributed by atoms with Crippen molar-refractivity contribution in [2.45, 2.75) is 90.9 Å². The summed E-state index contributed by atoms with van der Waals surface area (Å²) < 4.78 is 6.57. The first kappa shape index (κ1) is 16.3. The van der Waals surface area contributed by atoms with Gasteiger partial charge in [0.1, 0.15) is 0 Å². The summed E-state index contributed by atoms with van der Waals surface area (Å²) in [5.74, 6) is 2.55. The van der Waals surface area contributed by atoms with Gasteiger partial charge >= 0.3 is 0 Å². The molecule has 2 aliphatic carbocycles. The van der Waals surface area contributed by atoms with Gasteiger partial charge in [0, 0.05) is 6.04 Å². The Morgan fingerprint density at radius 3 is 2.45 bits per heavy atom. The SMILES string of the molecule is CCCNC1CCC(C)CC1OC1CCC(C)C(C)C1. The van der Waals surface area contributed by atoms with Gasteiger partial charge in [0.05, 0.1) is 12.2 Å². The molecule has 0 radical (unpaired) electrons. The molecule has 2 fully saturated rings. The van der Waals surface area contributed by atoms with E-state index >= 15 is 0 Å². The van der Waals surface area contributed by atoms with Crippen LogP contribution in [0.25, 0.3) is 0 Å². The highest BCUT2D eigenvalue weighted by molar-refractivity contribution is 4.86. The summed E-state index contributed by atoms with van der Waals surface area (Å²) in [5, 5.41) is 3.73. The maximum Gasteiger partial charge on any atom is 0.0734 e. The van der Waals surface area contributed by atoms with Crippen molar-refractivity contribution >= 4 is 0 Å². The summed E-state index contributed by atoms with van der Waals surface area (Å²) >= 11 is 0. The zero-order valence-electron chi connectivity index (χ0n) is 14.0. The molecule has 1 N–H and O–H groups in total. The molecule has 2 rings (SSSR count). The van der Waals surface area contributed by atoms with Crippen molar-refractivity contribution in [1.29, 1.82) is 0 Å². The minimum Gasteiger partial charge on any atom is -0.373 e. The molecule has 0 heterocycles. The van der Waals surface area contributed by atoms with Crippen LogP contribution in [0.3, 0.4) is 0 Å². The van der Waals surface area contributed by atoms with Crippen LogP contribution in [0, 0.1) is 17.8 Å². The van der Waals surface area contributed by atoms with Crippen molar-refractivity contribution in [3.05, 3.63) is 0 Å². The van der Waals surface area contributed by atoms with E-state index in [4.69, 9.17) is 4.74 Å². The third-order valence-corrected chi connectivity index (χ3v) is 5.63. The molecule has 2 aliphatic rings. The minimum atomic E-state index is 0.455. The van der Waals surface area contributed by atoms with Crippen molar-refractivity contribution in [2.75, 3.05) is 6.54 Å². The highest BCUT2D eigenvalue weighted by atomic mass is 16.5. The molecule has 2 nitrogen and oxygen atoms in total. The van der Waals surface area contributed by atoms with Gasteiger partial charge in [-0.1, -0.05) is 27.7 Å². The molecule has 0 aromatic rings. The van der Waals surface area contributed by atoms with Gasteiger partial charge in [-0.2, -0.15) is 0 Å². The first-order chi connectivity index (χ1) is 9.60. The van der Waals surface area contributed by atoms with Crippen molar-refractivity contribution < 1.29 is 4.74 Å². The number of nitrogens with one attached hydrogen (secondary N) is 1. The molecule has 20 heavy (non-hydrogen) atoms. The zero-order valence-corrected chi connectivity index (χ0v) is 14.0. The lowest BCUT2D eigenvalue weighted by Crippen LogP contribution is -2.47. The lowest BCUT2D eigenvalue weighted by atomic mass is 9.79. The predicted molar refractivity (Wildman–Crippen MR) is 85.9 cm³/mol. The van der Waals surface area contributed by atoms with Crippen LogP contribution in [-0.2, 0) is 4.74 Å². The van der Waals surface area contributed by atoms with Gasteiger partial charge in [-0.15, -0.1) is 0 Å². The molecule has 6 unspecified atom stereocenters. The number of rotatable bonds is 5. The van der Waals surface area contributed by atoms with Crippen LogP contribution >= 0.6 is 0 Å². The van der Waals surface area contributed by atoms with Gasteiger partial charge in [0.2, 0.25) is 0 Å². The molecule has 2 saturated carbocycles. The molecule has 0 bridgehead atoms. The van der Waals surface area contributed by atoms with Gasteiger partial charge in [-0.25, -0.2) is 0 Å². The van der Waals surface area contributed by atoms with Gasteiger partial charge in [0.15, 0.2) is 0 Å². The fourth-order valence-electron chi connectivity index (χ4n) is 3.91. The van der Waals surface area contributed by atoms with E-state index in [0.717, 1.165) is 24.3 Å². The quantitative estimate of drug-likeness (QED) is 0.807. The molecule has 0 spiro atoms. The Hall–Kier alpha value is -0.0800. The second-order valence-corrected chi connectivity index (χ2v) is 7.54. The summed E-state index contributed by atoms with van der Waals surface area (Å²) in [6.45, 7) is 10.6. The maximum absolute atomic E-state index is 6.57. The normalized spacial score (nSPS) is 42.6. The van der Waals surface area contributed by atoms with E-state index < -0.39 is 0 Å². The van der Waals surface area contributed by atoms with E-state index in [1.807, 2.05) is 0 Å². The molecule has 0 aromatic carbocycles. The number of hydrogen-bond acceptors (Lipinski definition) is 2. The Morgan fingerprint density at radius 2 is 1.75 bits per heavy atom. The van der Waals surface area contributed by atoms with Crippen LogP contribution in [-0.4, -0.2) is 24.8 Å². The van der Waals surface area contributed by atoms with Gasteiger partial charge < -0.3 is 10.1 Å². The Labute approximate surface area is 126 Å². The lowest BCUT2D eigenvalue weighted by molar-refractivity contribution is -0.0804. The van der Waals surface area contributed by atoms with Gasteiger partial charge in [-0.05, 0) is 69.2 Å². The largest absolute Gasteiger partial charge is 0.373 e. The second kappa shape index (κ2) is 7.79. The van der Waals surface area contributed by atoms with Crippen LogP contribution in [0.1, 0.15) is 72.6 Å². The Morgan fingerprint density at radius 1 is 0.950 bits per heavy atom. The molecule has 0 amide bonds. The minimum absolute atomic E-state index is 0.455. The summed E-state index contributed by atoms with van der Waals surface area (Å²) in [4.78, 5) is 0. The van der Waals surface area contributed by atoms with Crippen molar-refractivity contribution in [2.24, 2.45) is 17.8 Å². The van der Waals surface area contributed by atoms with E-state index in [0.29, 0.717) is 18.2 Å². The lowest BCUT2D eigenvalue weighted by Gasteiger charge is -2.40. The van der Waals surface area contributed by atoms with E-state index in [1.165, 1.54) is 44.9 Å². The Balaban J connectivity index is 1.86. The topological polar surface area (TPSA) is 21.3 Å². The fourth-order valence-corrected chi connectivity index (χ4v) is 3.91. The predicted octanol–water partition coefficient (Wildman–Crippen LogP) is 4.38. The molecule has 118 valence electrons. The van der Waals surface area contributed by atoms with Crippen molar-refractivity contribution in [3.63, 3.8) is 0 Å². The molecule has 0 saturated heterocycles. The molecule has 6 atom stereocenters.